The maximum Gasteiger partial charge on any atom is 0.317 e. The van der Waals surface area contributed by atoms with Crippen LogP contribution in [0.3, 0.4) is 0 Å². The van der Waals surface area contributed by atoms with Crippen molar-refractivity contribution in [1.82, 2.24) is 10.2 Å². The molecule has 0 spiro atoms. The van der Waals surface area contributed by atoms with E-state index in [0.717, 1.165) is 25.0 Å². The average Bonchev–Trinajstić information content (AvgIpc) is 2.59. The van der Waals surface area contributed by atoms with E-state index in [0.29, 0.717) is 25.1 Å². The molecule has 4 heteroatoms. The molecule has 1 atom stereocenters. The van der Waals surface area contributed by atoms with Gasteiger partial charge in [-0.3, -0.25) is 0 Å². The lowest BCUT2D eigenvalue weighted by atomic mass is 9.94. The van der Waals surface area contributed by atoms with Crippen molar-refractivity contribution in [2.24, 2.45) is 5.92 Å². The third kappa shape index (κ3) is 3.54. The van der Waals surface area contributed by atoms with Crippen molar-refractivity contribution >= 4 is 6.03 Å². The van der Waals surface area contributed by atoms with Gasteiger partial charge in [0.25, 0.3) is 0 Å². The lowest BCUT2D eigenvalue weighted by Crippen LogP contribution is -2.46. The van der Waals surface area contributed by atoms with Gasteiger partial charge >= 0.3 is 6.03 Å². The number of urea groups is 1. The SMILES string of the molecule is CN(C(=O)NCC1COc2ccccc2C1)C1CCCCC1. The summed E-state index contributed by atoms with van der Waals surface area (Å²) in [5.74, 6) is 1.35. The first-order valence-electron chi connectivity index (χ1n) is 8.45. The van der Waals surface area contributed by atoms with Crippen molar-refractivity contribution in [3.05, 3.63) is 29.8 Å². The monoisotopic (exact) mass is 302 g/mol. The van der Waals surface area contributed by atoms with Crippen LogP contribution in [0, 0.1) is 5.92 Å². The van der Waals surface area contributed by atoms with E-state index in [1.807, 2.05) is 30.1 Å². The molecule has 0 aromatic heterocycles. The first kappa shape index (κ1) is 15.2. The Kier molecular flexibility index (Phi) is 4.86. The first-order valence-corrected chi connectivity index (χ1v) is 8.45. The summed E-state index contributed by atoms with van der Waals surface area (Å²) < 4.78 is 5.78. The number of ether oxygens (including phenoxy) is 1. The van der Waals surface area contributed by atoms with Crippen molar-refractivity contribution < 1.29 is 9.53 Å². The van der Waals surface area contributed by atoms with Crippen LogP contribution in [0.1, 0.15) is 37.7 Å². The normalized spacial score (nSPS) is 21.6. The summed E-state index contributed by atoms with van der Waals surface area (Å²) in [6.45, 7) is 1.37. The maximum atomic E-state index is 12.3. The molecule has 1 N–H and O–H groups in total. The highest BCUT2D eigenvalue weighted by molar-refractivity contribution is 5.74. The molecule has 1 aliphatic heterocycles. The molecule has 1 unspecified atom stereocenters. The van der Waals surface area contributed by atoms with Gasteiger partial charge in [0, 0.05) is 25.6 Å². The zero-order chi connectivity index (χ0) is 15.4. The summed E-state index contributed by atoms with van der Waals surface area (Å²) in [6.07, 6.45) is 7.06. The number of para-hydroxylation sites is 1. The Balaban J connectivity index is 1.47. The predicted molar refractivity (Wildman–Crippen MR) is 87.2 cm³/mol. The van der Waals surface area contributed by atoms with Gasteiger partial charge in [0.1, 0.15) is 5.75 Å². The molecule has 120 valence electrons. The molecule has 2 aliphatic rings. The van der Waals surface area contributed by atoms with E-state index < -0.39 is 0 Å². The molecule has 0 radical (unpaired) electrons. The molecule has 1 aromatic rings. The Morgan fingerprint density at radius 3 is 2.86 bits per heavy atom. The second kappa shape index (κ2) is 7.03. The zero-order valence-electron chi connectivity index (χ0n) is 13.4. The molecule has 4 nitrogen and oxygen atoms in total. The number of benzene rings is 1. The van der Waals surface area contributed by atoms with E-state index in [2.05, 4.69) is 11.4 Å². The smallest absolute Gasteiger partial charge is 0.317 e. The molecule has 1 aromatic carbocycles. The van der Waals surface area contributed by atoms with Gasteiger partial charge in [0.15, 0.2) is 0 Å². The van der Waals surface area contributed by atoms with Crippen LogP contribution in [0.25, 0.3) is 0 Å². The summed E-state index contributed by atoms with van der Waals surface area (Å²) in [5, 5.41) is 3.09. The number of hydrogen-bond acceptors (Lipinski definition) is 2. The molecule has 1 heterocycles. The van der Waals surface area contributed by atoms with E-state index in [1.54, 1.807) is 0 Å². The van der Waals surface area contributed by atoms with Crippen LogP contribution in [0.4, 0.5) is 4.79 Å². The molecule has 1 fully saturated rings. The summed E-state index contributed by atoms with van der Waals surface area (Å²) >= 11 is 0. The molecule has 0 saturated heterocycles. The lowest BCUT2D eigenvalue weighted by molar-refractivity contribution is 0.167. The van der Waals surface area contributed by atoms with Crippen molar-refractivity contribution in [1.29, 1.82) is 0 Å². The van der Waals surface area contributed by atoms with Crippen molar-refractivity contribution in [3.8, 4) is 5.75 Å². The van der Waals surface area contributed by atoms with E-state index in [-0.39, 0.29) is 6.03 Å². The number of amides is 2. The predicted octanol–water partition coefficient (Wildman–Crippen LogP) is 3.21. The maximum absolute atomic E-state index is 12.3. The number of nitrogens with one attached hydrogen (secondary N) is 1. The van der Waals surface area contributed by atoms with Gasteiger partial charge in [-0.15, -0.1) is 0 Å². The fourth-order valence-corrected chi connectivity index (χ4v) is 3.51. The van der Waals surface area contributed by atoms with Crippen LogP contribution in [0.2, 0.25) is 0 Å². The molecule has 1 aliphatic carbocycles. The molecular weight excluding hydrogens is 276 g/mol. The van der Waals surface area contributed by atoms with Crippen LogP contribution in [-0.2, 0) is 6.42 Å². The third-order valence-corrected chi connectivity index (χ3v) is 4.94. The van der Waals surface area contributed by atoms with Crippen molar-refractivity contribution in [2.75, 3.05) is 20.2 Å². The second-order valence-electron chi connectivity index (χ2n) is 6.58. The highest BCUT2D eigenvalue weighted by Crippen LogP contribution is 2.26. The Morgan fingerprint density at radius 2 is 2.05 bits per heavy atom. The number of rotatable bonds is 3. The highest BCUT2D eigenvalue weighted by Gasteiger charge is 2.24. The molecular formula is C18H26N2O2. The molecule has 0 bridgehead atoms. The first-order chi connectivity index (χ1) is 10.7. The van der Waals surface area contributed by atoms with Gasteiger partial charge in [0.2, 0.25) is 0 Å². The van der Waals surface area contributed by atoms with Crippen LogP contribution < -0.4 is 10.1 Å². The van der Waals surface area contributed by atoms with Gasteiger partial charge in [-0.25, -0.2) is 4.79 Å². The minimum absolute atomic E-state index is 0.0609. The van der Waals surface area contributed by atoms with Gasteiger partial charge < -0.3 is 15.0 Å². The van der Waals surface area contributed by atoms with Crippen molar-refractivity contribution in [3.63, 3.8) is 0 Å². The van der Waals surface area contributed by atoms with Gasteiger partial charge in [-0.05, 0) is 30.9 Å². The van der Waals surface area contributed by atoms with Crippen LogP contribution in [-0.4, -0.2) is 37.2 Å². The van der Waals surface area contributed by atoms with Gasteiger partial charge in [-0.2, -0.15) is 0 Å². The Hall–Kier alpha value is -1.71. The number of carbonyl (C=O) groups excluding carboxylic acids is 1. The second-order valence-corrected chi connectivity index (χ2v) is 6.58. The number of fused-ring (bicyclic) bond motifs is 1. The van der Waals surface area contributed by atoms with E-state index in [9.17, 15) is 4.79 Å². The molecule has 1 saturated carbocycles. The summed E-state index contributed by atoms with van der Waals surface area (Å²) in [7, 11) is 1.93. The van der Waals surface area contributed by atoms with Crippen LogP contribution in [0.15, 0.2) is 24.3 Å². The summed E-state index contributed by atoms with van der Waals surface area (Å²) in [6, 6.07) is 8.64. The summed E-state index contributed by atoms with van der Waals surface area (Å²) in [5.41, 5.74) is 1.24. The quantitative estimate of drug-likeness (QED) is 0.931. The van der Waals surface area contributed by atoms with Crippen LogP contribution >= 0.6 is 0 Å². The molecule has 3 rings (SSSR count). The largest absolute Gasteiger partial charge is 0.493 e. The van der Waals surface area contributed by atoms with E-state index in [4.69, 9.17) is 4.74 Å². The van der Waals surface area contributed by atoms with E-state index in [1.165, 1.54) is 24.8 Å². The lowest BCUT2D eigenvalue weighted by Gasteiger charge is -2.32. The minimum atomic E-state index is 0.0609. The third-order valence-electron chi connectivity index (χ3n) is 4.94. The van der Waals surface area contributed by atoms with Gasteiger partial charge in [0.05, 0.1) is 6.61 Å². The fourth-order valence-electron chi connectivity index (χ4n) is 3.51. The topological polar surface area (TPSA) is 41.6 Å². The Morgan fingerprint density at radius 1 is 1.27 bits per heavy atom. The Bertz CT molecular complexity index is 512. The van der Waals surface area contributed by atoms with Gasteiger partial charge in [-0.1, -0.05) is 37.5 Å². The van der Waals surface area contributed by atoms with Crippen LogP contribution in [0.5, 0.6) is 5.75 Å². The highest BCUT2D eigenvalue weighted by atomic mass is 16.5. The van der Waals surface area contributed by atoms with E-state index >= 15 is 0 Å². The number of hydrogen-bond donors (Lipinski definition) is 1. The fraction of sp³-hybridized carbons (Fsp3) is 0.611. The molecule has 22 heavy (non-hydrogen) atoms. The summed E-state index contributed by atoms with van der Waals surface area (Å²) in [4.78, 5) is 14.2. The average molecular weight is 302 g/mol. The number of nitrogens with zero attached hydrogens (tertiary/aromatic N) is 1. The molecule has 2 amide bonds. The minimum Gasteiger partial charge on any atom is -0.493 e. The standard InChI is InChI=1S/C18H26N2O2/c1-20(16-8-3-2-4-9-16)18(21)19-12-14-11-15-7-5-6-10-17(15)22-13-14/h5-7,10,14,16H,2-4,8-9,11-13H2,1H3,(H,19,21). The van der Waals surface area contributed by atoms with Crippen molar-refractivity contribution in [2.45, 2.75) is 44.6 Å². The number of carbonyl (C=O) groups is 1. The zero-order valence-corrected chi connectivity index (χ0v) is 13.4. The Labute approximate surface area is 132 Å².